The van der Waals surface area contributed by atoms with Crippen LogP contribution in [0.2, 0.25) is 0 Å². The summed E-state index contributed by atoms with van der Waals surface area (Å²) in [6.45, 7) is 5.84. The van der Waals surface area contributed by atoms with E-state index in [-0.39, 0.29) is 18.0 Å². The molecule has 6 nitrogen and oxygen atoms in total. The van der Waals surface area contributed by atoms with E-state index in [1.165, 1.54) is 11.0 Å². The minimum absolute atomic E-state index is 0.165. The van der Waals surface area contributed by atoms with Gasteiger partial charge in [0.15, 0.2) is 0 Å². The van der Waals surface area contributed by atoms with E-state index in [4.69, 9.17) is 0 Å². The summed E-state index contributed by atoms with van der Waals surface area (Å²) in [6, 6.07) is 8.71. The number of anilines is 2. The van der Waals surface area contributed by atoms with E-state index in [9.17, 15) is 22.8 Å². The van der Waals surface area contributed by atoms with Crippen LogP contribution >= 0.6 is 0 Å². The highest BCUT2D eigenvalue weighted by Crippen LogP contribution is 2.45. The largest absolute Gasteiger partial charge is 0.416 e. The highest BCUT2D eigenvalue weighted by molar-refractivity contribution is 6.22. The molecule has 2 aromatic rings. The molecule has 0 spiro atoms. The lowest BCUT2D eigenvalue weighted by molar-refractivity contribution is -0.137. The van der Waals surface area contributed by atoms with Crippen LogP contribution in [0.5, 0.6) is 0 Å². The molecule has 1 N–H and O–H groups in total. The third-order valence-electron chi connectivity index (χ3n) is 5.40. The second kappa shape index (κ2) is 9.35. The summed E-state index contributed by atoms with van der Waals surface area (Å²) in [5.74, 6) is -1.64. The molecule has 1 atom stereocenters. The Balaban J connectivity index is 2.02. The maximum atomic E-state index is 13.5. The van der Waals surface area contributed by atoms with Gasteiger partial charge in [0, 0.05) is 18.7 Å². The molecule has 0 aliphatic carbocycles. The molecule has 0 fully saturated rings. The minimum atomic E-state index is -4.55. The van der Waals surface area contributed by atoms with Gasteiger partial charge in [0.25, 0.3) is 0 Å². The van der Waals surface area contributed by atoms with E-state index in [1.807, 2.05) is 38.9 Å². The second-order valence-electron chi connectivity index (χ2n) is 8.57. The summed E-state index contributed by atoms with van der Waals surface area (Å²) < 4.78 is 40.3. The first-order valence-electron chi connectivity index (χ1n) is 10.5. The van der Waals surface area contributed by atoms with Gasteiger partial charge < -0.3 is 4.90 Å². The van der Waals surface area contributed by atoms with Crippen molar-refractivity contribution in [2.75, 3.05) is 25.5 Å². The molecule has 1 heterocycles. The van der Waals surface area contributed by atoms with Crippen molar-refractivity contribution in [3.8, 4) is 0 Å². The first kappa shape index (κ1) is 24.4. The van der Waals surface area contributed by atoms with Crippen LogP contribution in [0, 0.1) is 13.8 Å². The number of fused-ring (bicyclic) bond motifs is 1. The molecule has 33 heavy (non-hydrogen) atoms. The number of halogens is 3. The van der Waals surface area contributed by atoms with Crippen molar-refractivity contribution in [3.05, 3.63) is 58.7 Å². The Morgan fingerprint density at radius 1 is 1.12 bits per heavy atom. The highest BCUT2D eigenvalue weighted by atomic mass is 19.4. The second-order valence-corrected chi connectivity index (χ2v) is 8.57. The van der Waals surface area contributed by atoms with E-state index < -0.39 is 23.6 Å². The molecule has 0 saturated carbocycles. The van der Waals surface area contributed by atoms with Gasteiger partial charge in [-0.1, -0.05) is 12.1 Å². The van der Waals surface area contributed by atoms with Gasteiger partial charge in [-0.2, -0.15) is 18.3 Å². The smallest absolute Gasteiger partial charge is 0.309 e. The Morgan fingerprint density at radius 3 is 2.33 bits per heavy atom. The fraction of sp³-hybridized carbons (Fsp3) is 0.375. The molecule has 0 radical (unpaired) electrons. The van der Waals surface area contributed by atoms with E-state index in [0.29, 0.717) is 23.5 Å². The number of alkyl halides is 3. The van der Waals surface area contributed by atoms with Gasteiger partial charge in [-0.25, -0.2) is 5.43 Å². The zero-order chi connectivity index (χ0) is 24.5. The number of nitrogens with zero attached hydrogens (tertiary/aromatic N) is 3. The van der Waals surface area contributed by atoms with Crippen LogP contribution in [0.15, 0.2) is 41.5 Å². The van der Waals surface area contributed by atoms with Crippen LogP contribution < -0.4 is 10.3 Å². The number of carbonyl (C=O) groups is 2. The molecule has 2 amide bonds. The average molecular weight is 461 g/mol. The van der Waals surface area contributed by atoms with Crippen LogP contribution in [0.4, 0.5) is 24.5 Å². The predicted molar refractivity (Wildman–Crippen MR) is 122 cm³/mol. The number of nitrogens with one attached hydrogen (secondary N) is 1. The monoisotopic (exact) mass is 460 g/mol. The van der Waals surface area contributed by atoms with Crippen molar-refractivity contribution in [1.29, 1.82) is 0 Å². The van der Waals surface area contributed by atoms with E-state index in [1.54, 1.807) is 19.1 Å². The number of rotatable bonds is 6. The van der Waals surface area contributed by atoms with Gasteiger partial charge in [-0.15, -0.1) is 0 Å². The molecule has 1 aliphatic heterocycles. The van der Waals surface area contributed by atoms with Gasteiger partial charge in [-0.3, -0.25) is 14.5 Å². The van der Waals surface area contributed by atoms with E-state index >= 15 is 0 Å². The van der Waals surface area contributed by atoms with Crippen molar-refractivity contribution in [2.45, 2.75) is 39.3 Å². The molecule has 1 unspecified atom stereocenters. The molecule has 3 rings (SSSR count). The third-order valence-corrected chi connectivity index (χ3v) is 5.40. The molecule has 176 valence electrons. The number of benzene rings is 2. The van der Waals surface area contributed by atoms with Gasteiger partial charge in [-0.05, 0) is 75.8 Å². The van der Waals surface area contributed by atoms with Crippen LogP contribution in [-0.4, -0.2) is 43.1 Å². The summed E-state index contributed by atoms with van der Waals surface area (Å²) in [5.41, 5.74) is 4.74. The number of amides is 2. The lowest BCUT2D eigenvalue weighted by Crippen LogP contribution is -2.29. The first-order chi connectivity index (χ1) is 15.4. The van der Waals surface area contributed by atoms with Crippen LogP contribution in [0.3, 0.4) is 0 Å². The number of hydrogen-bond acceptors (Lipinski definition) is 4. The maximum absolute atomic E-state index is 13.5. The first-order valence-corrected chi connectivity index (χ1v) is 10.5. The third kappa shape index (κ3) is 5.42. The molecule has 0 saturated heterocycles. The molecule has 2 aromatic carbocycles. The molecule has 1 aliphatic rings. The van der Waals surface area contributed by atoms with Gasteiger partial charge in [0.2, 0.25) is 11.8 Å². The lowest BCUT2D eigenvalue weighted by Gasteiger charge is -2.20. The Hall–Kier alpha value is -3.20. The normalized spacial score (nSPS) is 16.4. The Bertz CT molecular complexity index is 1090. The summed E-state index contributed by atoms with van der Waals surface area (Å²) in [6.07, 6.45) is -4.32. The van der Waals surface area contributed by atoms with Gasteiger partial charge in [0.05, 0.1) is 17.0 Å². The predicted octanol–water partition coefficient (Wildman–Crippen LogP) is 4.53. The Kier molecular flexibility index (Phi) is 6.92. The summed E-state index contributed by atoms with van der Waals surface area (Å²) in [4.78, 5) is 28.7. The number of hydrogen-bond donors (Lipinski definition) is 1. The van der Waals surface area contributed by atoms with Crippen LogP contribution in [0.1, 0.15) is 41.5 Å². The molecular weight excluding hydrogens is 433 g/mol. The topological polar surface area (TPSA) is 65.0 Å². The summed E-state index contributed by atoms with van der Waals surface area (Å²) in [5, 5.41) is 4.10. The van der Waals surface area contributed by atoms with Crippen molar-refractivity contribution in [3.63, 3.8) is 0 Å². The Morgan fingerprint density at radius 2 is 1.76 bits per heavy atom. The molecule has 0 aromatic heterocycles. The van der Waals surface area contributed by atoms with Gasteiger partial charge in [0.1, 0.15) is 5.92 Å². The quantitative estimate of drug-likeness (QED) is 0.509. The molecular formula is C24H27F3N4O2. The Labute approximate surface area is 191 Å². The van der Waals surface area contributed by atoms with E-state index in [2.05, 4.69) is 10.5 Å². The van der Waals surface area contributed by atoms with Crippen molar-refractivity contribution < 1.29 is 22.8 Å². The highest BCUT2D eigenvalue weighted by Gasteiger charge is 2.42. The zero-order valence-electron chi connectivity index (χ0n) is 19.2. The lowest BCUT2D eigenvalue weighted by atomic mass is 9.95. The van der Waals surface area contributed by atoms with E-state index in [0.717, 1.165) is 23.3 Å². The van der Waals surface area contributed by atoms with Gasteiger partial charge >= 0.3 is 6.18 Å². The minimum Gasteiger partial charge on any atom is -0.309 e. The molecule has 0 bridgehead atoms. The summed E-state index contributed by atoms with van der Waals surface area (Å²) in [7, 11) is 3.68. The fourth-order valence-corrected chi connectivity index (χ4v) is 3.88. The summed E-state index contributed by atoms with van der Waals surface area (Å²) >= 11 is 0. The maximum Gasteiger partial charge on any atom is 0.416 e. The molecule has 9 heteroatoms. The number of hydrazone groups is 1. The SMILES string of the molecule is C/C(=N/NC(=O)CCN(C)C)C1C(=O)N(c2cc(C)cc(C)c2)c2cc(C(F)(F)F)ccc21. The average Bonchev–Trinajstić information content (AvgIpc) is 3.00. The van der Waals surface area contributed by atoms with Crippen molar-refractivity contribution in [1.82, 2.24) is 10.3 Å². The fourth-order valence-electron chi connectivity index (χ4n) is 3.88. The standard InChI is InChI=1S/C24H27F3N4O2/c1-14-10-15(2)12-18(11-14)31-20-13-17(24(25,26)27)6-7-19(20)22(23(31)33)16(3)28-29-21(32)8-9-30(4)5/h6-7,10-13,22H,8-9H2,1-5H3,(H,29,32)/b28-16-. The number of carbonyl (C=O) groups excluding carboxylic acids is 2. The van der Waals surface area contributed by atoms with Crippen LogP contribution in [0.25, 0.3) is 0 Å². The number of aryl methyl sites for hydroxylation is 2. The van der Waals surface area contributed by atoms with Crippen molar-refractivity contribution in [2.24, 2.45) is 5.10 Å². The van der Waals surface area contributed by atoms with Crippen LogP contribution in [-0.2, 0) is 15.8 Å². The van der Waals surface area contributed by atoms with Crippen molar-refractivity contribution >= 4 is 28.9 Å². The zero-order valence-corrected chi connectivity index (χ0v) is 19.2.